The van der Waals surface area contributed by atoms with E-state index in [0.717, 1.165) is 59.8 Å². The van der Waals surface area contributed by atoms with E-state index in [0.29, 0.717) is 35.0 Å². The molecule has 0 spiro atoms. The van der Waals surface area contributed by atoms with Crippen LogP contribution in [0, 0.1) is 12.8 Å². The Morgan fingerprint density at radius 3 is 2.65 bits per heavy atom. The first kappa shape index (κ1) is 22.6. The van der Waals surface area contributed by atoms with Gasteiger partial charge in [-0.3, -0.25) is 4.98 Å². The molecule has 34 heavy (non-hydrogen) atoms. The van der Waals surface area contributed by atoms with Gasteiger partial charge in [-0.15, -0.1) is 0 Å². The number of nitrogen functional groups attached to an aromatic ring is 1. The lowest BCUT2D eigenvalue weighted by atomic mass is 9.77. The van der Waals surface area contributed by atoms with Crippen LogP contribution in [0.1, 0.15) is 68.2 Å². The summed E-state index contributed by atoms with van der Waals surface area (Å²) in [6.45, 7) is 5.69. The number of H-pyrrole nitrogens is 2. The number of nitrogens with two attached hydrogens (primary N) is 1. The number of benzene rings is 1. The summed E-state index contributed by atoms with van der Waals surface area (Å²) in [5, 5.41) is 7.21. The number of aromatic nitrogens is 5. The molecule has 2 aromatic heterocycles. The number of nitrogens with zero attached hydrogens (tertiary/aromatic N) is 4. The zero-order valence-corrected chi connectivity index (χ0v) is 20.2. The second-order valence-corrected chi connectivity index (χ2v) is 10.1. The standard InChI is InChI=1S/C24H28ClN7O2/c1-12-27-21(26)19-22(28-12)34-24(2,3)20(30-19)15-8-9-16(17(25)11-15)14-6-4-13(5-7-14)10-18-29-23(33)32-31-18/h8-9,11,13-14H,4-7,10H2,1-3H3,(H2,26,27,28)(H2,29,31,32,33)/t13-,14-. The third-order valence-electron chi connectivity index (χ3n) is 6.73. The lowest BCUT2D eigenvalue weighted by Crippen LogP contribution is -2.41. The lowest BCUT2D eigenvalue weighted by molar-refractivity contribution is 0.171. The number of hydrogen-bond acceptors (Lipinski definition) is 7. The van der Waals surface area contributed by atoms with Gasteiger partial charge < -0.3 is 10.5 Å². The maximum Gasteiger partial charge on any atom is 0.340 e. The highest BCUT2D eigenvalue weighted by Gasteiger charge is 2.36. The summed E-state index contributed by atoms with van der Waals surface area (Å²) >= 11 is 6.80. The van der Waals surface area contributed by atoms with Crippen molar-refractivity contribution in [2.75, 3.05) is 5.73 Å². The summed E-state index contributed by atoms with van der Waals surface area (Å²) < 4.78 is 6.16. The van der Waals surface area contributed by atoms with Crippen LogP contribution in [-0.2, 0) is 6.42 Å². The molecule has 10 heteroatoms. The predicted octanol–water partition coefficient (Wildman–Crippen LogP) is 4.24. The fraction of sp³-hybridized carbons (Fsp3) is 0.458. The highest BCUT2D eigenvalue weighted by atomic mass is 35.5. The van der Waals surface area contributed by atoms with Crippen LogP contribution < -0.4 is 16.2 Å². The smallest absolute Gasteiger partial charge is 0.340 e. The van der Waals surface area contributed by atoms with Gasteiger partial charge in [-0.1, -0.05) is 23.7 Å². The Hall–Kier alpha value is -3.20. The Bertz CT molecular complexity index is 1320. The van der Waals surface area contributed by atoms with Crippen molar-refractivity contribution in [3.05, 3.63) is 56.5 Å². The molecule has 4 N–H and O–H groups in total. The Balaban J connectivity index is 1.35. The van der Waals surface area contributed by atoms with Gasteiger partial charge in [0.25, 0.3) is 0 Å². The third-order valence-corrected chi connectivity index (χ3v) is 7.06. The van der Waals surface area contributed by atoms with Crippen LogP contribution in [0.15, 0.2) is 28.0 Å². The van der Waals surface area contributed by atoms with E-state index in [4.69, 9.17) is 27.1 Å². The largest absolute Gasteiger partial charge is 0.463 e. The van der Waals surface area contributed by atoms with E-state index in [1.54, 1.807) is 6.92 Å². The molecule has 1 aliphatic carbocycles. The van der Waals surface area contributed by atoms with E-state index in [1.807, 2.05) is 19.9 Å². The fourth-order valence-corrected chi connectivity index (χ4v) is 5.38. The number of ether oxygens (including phenoxy) is 1. The molecule has 0 radical (unpaired) electrons. The number of anilines is 1. The van der Waals surface area contributed by atoms with Crippen LogP contribution in [0.4, 0.5) is 11.5 Å². The molecule has 1 saturated carbocycles. The second-order valence-electron chi connectivity index (χ2n) is 9.67. The van der Waals surface area contributed by atoms with Gasteiger partial charge in [0.15, 0.2) is 11.5 Å². The topological polar surface area (TPSA) is 135 Å². The highest BCUT2D eigenvalue weighted by Crippen LogP contribution is 2.42. The highest BCUT2D eigenvalue weighted by molar-refractivity contribution is 6.32. The average Bonchev–Trinajstić information content (AvgIpc) is 3.17. The number of aryl methyl sites for hydroxylation is 1. The van der Waals surface area contributed by atoms with Gasteiger partial charge in [-0.25, -0.2) is 19.9 Å². The SMILES string of the molecule is Cc1nc(N)c2c(n1)OC(C)(C)C(c1ccc([C@H]3CC[C@H](Cc4n[nH]c(=O)[nH]4)CC3)c(Cl)c1)=N2. The molecule has 0 saturated heterocycles. The number of nitrogens with one attached hydrogen (secondary N) is 2. The number of aromatic amines is 2. The molecule has 1 fully saturated rings. The lowest BCUT2D eigenvalue weighted by Gasteiger charge is -2.33. The maximum absolute atomic E-state index is 11.3. The van der Waals surface area contributed by atoms with Crippen molar-refractivity contribution in [2.45, 2.75) is 64.4 Å². The van der Waals surface area contributed by atoms with E-state index >= 15 is 0 Å². The third kappa shape index (κ3) is 4.32. The quantitative estimate of drug-likeness (QED) is 0.510. The van der Waals surface area contributed by atoms with E-state index < -0.39 is 5.60 Å². The first-order valence-corrected chi connectivity index (χ1v) is 11.9. The van der Waals surface area contributed by atoms with Crippen molar-refractivity contribution in [2.24, 2.45) is 10.9 Å². The minimum Gasteiger partial charge on any atom is -0.463 e. The number of aliphatic imine (C=N–C) groups is 1. The Morgan fingerprint density at radius 2 is 1.97 bits per heavy atom. The number of halogens is 1. The molecule has 0 unspecified atom stereocenters. The van der Waals surface area contributed by atoms with Crippen LogP contribution in [0.25, 0.3) is 0 Å². The van der Waals surface area contributed by atoms with Crippen LogP contribution in [-0.4, -0.2) is 36.5 Å². The fourth-order valence-electron chi connectivity index (χ4n) is 5.05. The van der Waals surface area contributed by atoms with Crippen LogP contribution in [0.5, 0.6) is 5.88 Å². The summed E-state index contributed by atoms with van der Waals surface area (Å²) in [5.74, 6) is 2.90. The van der Waals surface area contributed by atoms with Gasteiger partial charge in [0.1, 0.15) is 17.2 Å². The van der Waals surface area contributed by atoms with E-state index in [9.17, 15) is 4.79 Å². The molecule has 0 atom stereocenters. The first-order valence-electron chi connectivity index (χ1n) is 11.6. The molecular formula is C24H28ClN7O2. The molecule has 3 heterocycles. The van der Waals surface area contributed by atoms with Crippen molar-refractivity contribution in [3.8, 4) is 5.88 Å². The van der Waals surface area contributed by atoms with Gasteiger partial charge in [-0.2, -0.15) is 10.1 Å². The summed E-state index contributed by atoms with van der Waals surface area (Å²) in [4.78, 5) is 27.4. The van der Waals surface area contributed by atoms with Gasteiger partial charge in [0.05, 0.1) is 5.71 Å². The van der Waals surface area contributed by atoms with Gasteiger partial charge in [-0.05, 0) is 69.9 Å². The number of hydrogen-bond donors (Lipinski definition) is 3. The predicted molar refractivity (Wildman–Crippen MR) is 131 cm³/mol. The molecular weight excluding hydrogens is 454 g/mol. The summed E-state index contributed by atoms with van der Waals surface area (Å²) in [6, 6.07) is 6.14. The van der Waals surface area contributed by atoms with Crippen LogP contribution in [0.3, 0.4) is 0 Å². The van der Waals surface area contributed by atoms with Crippen molar-refractivity contribution in [1.82, 2.24) is 25.1 Å². The molecule has 5 rings (SSSR count). The molecule has 2 aliphatic rings. The van der Waals surface area contributed by atoms with Crippen molar-refractivity contribution in [1.29, 1.82) is 0 Å². The second kappa shape index (κ2) is 8.54. The molecule has 9 nitrogen and oxygen atoms in total. The first-order chi connectivity index (χ1) is 16.2. The van der Waals surface area contributed by atoms with Crippen molar-refractivity contribution in [3.63, 3.8) is 0 Å². The van der Waals surface area contributed by atoms with E-state index in [-0.39, 0.29) is 5.69 Å². The monoisotopic (exact) mass is 481 g/mol. The molecule has 1 aliphatic heterocycles. The summed E-state index contributed by atoms with van der Waals surface area (Å²) in [5.41, 5.74) is 8.39. The molecule has 0 bridgehead atoms. The molecule has 0 amide bonds. The Labute approximate surface area is 202 Å². The van der Waals surface area contributed by atoms with Crippen molar-refractivity contribution < 1.29 is 4.74 Å². The zero-order chi connectivity index (χ0) is 24.0. The van der Waals surface area contributed by atoms with Gasteiger partial charge in [0, 0.05) is 17.0 Å². The van der Waals surface area contributed by atoms with E-state index in [1.165, 1.54) is 0 Å². The Kier molecular flexibility index (Phi) is 5.67. The molecule has 1 aromatic carbocycles. The van der Waals surface area contributed by atoms with Gasteiger partial charge in [0.2, 0.25) is 5.88 Å². The average molecular weight is 482 g/mol. The van der Waals surface area contributed by atoms with Crippen molar-refractivity contribution >= 4 is 28.8 Å². The summed E-state index contributed by atoms with van der Waals surface area (Å²) in [7, 11) is 0. The number of fused-ring (bicyclic) bond motifs is 1. The summed E-state index contributed by atoms with van der Waals surface area (Å²) in [6.07, 6.45) is 5.03. The van der Waals surface area contributed by atoms with E-state index in [2.05, 4.69) is 37.3 Å². The maximum atomic E-state index is 11.3. The molecule has 3 aromatic rings. The van der Waals surface area contributed by atoms with Crippen LogP contribution in [0.2, 0.25) is 5.02 Å². The zero-order valence-electron chi connectivity index (χ0n) is 19.5. The van der Waals surface area contributed by atoms with Crippen LogP contribution >= 0.6 is 11.6 Å². The minimum absolute atomic E-state index is 0.250. The molecule has 178 valence electrons. The minimum atomic E-state index is -0.698. The number of rotatable bonds is 4. The normalized spacial score (nSPS) is 21.5. The van der Waals surface area contributed by atoms with Gasteiger partial charge >= 0.3 is 5.69 Å². The Morgan fingerprint density at radius 1 is 1.21 bits per heavy atom.